The molecule has 7 rings (SSSR count). The van der Waals surface area contributed by atoms with Crippen LogP contribution in [-0.4, -0.2) is 38.9 Å². The summed E-state index contributed by atoms with van der Waals surface area (Å²) in [6.45, 7) is 1.38. The van der Waals surface area contributed by atoms with E-state index in [0.29, 0.717) is 54.2 Å². The van der Waals surface area contributed by atoms with E-state index in [2.05, 4.69) is 15.3 Å². The first-order valence-corrected chi connectivity index (χ1v) is 16.2. The van der Waals surface area contributed by atoms with Gasteiger partial charge in [-0.05, 0) is 53.9 Å². The number of nitrogens with two attached hydrogens (primary N) is 1. The molecule has 256 valence electrons. The number of amides is 2. The quantitative estimate of drug-likeness (QED) is 0.0315. The van der Waals surface area contributed by atoms with Crippen molar-refractivity contribution >= 4 is 50.7 Å². The first-order valence-electron chi connectivity index (χ1n) is 16.2. The van der Waals surface area contributed by atoms with E-state index in [1.165, 1.54) is 0 Å². The lowest BCUT2D eigenvalue weighted by molar-refractivity contribution is -0.525. The van der Waals surface area contributed by atoms with Crippen LogP contribution in [-0.2, 0) is 29.3 Å². The van der Waals surface area contributed by atoms with Crippen LogP contribution in [0.4, 0.5) is 0 Å². The van der Waals surface area contributed by atoms with Crippen LogP contribution >= 0.6 is 0 Å². The summed E-state index contributed by atoms with van der Waals surface area (Å²) in [6.07, 6.45) is 4.06. The van der Waals surface area contributed by atoms with Crippen molar-refractivity contribution in [1.82, 2.24) is 20.3 Å². The first-order chi connectivity index (χ1) is 24.8. The fourth-order valence-electron chi connectivity index (χ4n) is 6.17. The molecule has 0 atom stereocenters. The number of nitro groups is 1. The van der Waals surface area contributed by atoms with Crippen LogP contribution in [0.1, 0.15) is 28.7 Å². The fourth-order valence-corrected chi connectivity index (χ4v) is 6.17. The van der Waals surface area contributed by atoms with Gasteiger partial charge in [0.15, 0.2) is 5.03 Å². The van der Waals surface area contributed by atoms with Crippen molar-refractivity contribution in [2.75, 3.05) is 6.54 Å². The van der Waals surface area contributed by atoms with Crippen molar-refractivity contribution < 1.29 is 24.1 Å². The number of rotatable bonds is 13. The number of hydrogen-bond donors (Lipinski definition) is 4. The van der Waals surface area contributed by atoms with Gasteiger partial charge in [-0.15, -0.1) is 0 Å². The van der Waals surface area contributed by atoms with E-state index < -0.39 is 16.8 Å². The number of hydrogen-bond acceptors (Lipinski definition) is 7. The number of hydrazine groups is 1. The average Bonchev–Trinajstić information content (AvgIpc) is 3.80. The van der Waals surface area contributed by atoms with Gasteiger partial charge in [0.2, 0.25) is 0 Å². The number of nitrogens with one attached hydrogen (secondary N) is 3. The molecule has 0 saturated carbocycles. The summed E-state index contributed by atoms with van der Waals surface area (Å²) in [5, 5.41) is 13.9. The van der Waals surface area contributed by atoms with Crippen LogP contribution in [0.15, 0.2) is 114 Å². The van der Waals surface area contributed by atoms with Gasteiger partial charge in [-0.1, -0.05) is 66.1 Å². The zero-order chi connectivity index (χ0) is 35.3. The largest absolute Gasteiger partial charge is 0.489 e. The Labute approximate surface area is 291 Å². The molecule has 0 spiro atoms. The van der Waals surface area contributed by atoms with E-state index >= 15 is 0 Å². The lowest BCUT2D eigenvalue weighted by Gasteiger charge is -2.09. The highest BCUT2D eigenvalue weighted by Crippen LogP contribution is 2.40. The van der Waals surface area contributed by atoms with Gasteiger partial charge < -0.3 is 24.8 Å². The topological polar surface area (TPSA) is 179 Å². The molecule has 1 aliphatic heterocycles. The standard InChI is InChI=1S/C38H33N7O6/c39-38(43-45(48)49)40-16-7-17-44-21-31(29-19-27(13-15-33(29)44)51-23-25-10-5-2-6-11-25)35-34(36(46)42-37(35)47)30-20-41-32-14-12-26(18-28(30)32)50-22-24-8-3-1-4-9-24/h1-6,8-15,18-21,41H,7,16-17,22-23H2,(H3,39,40,43)(H,42,46,47). The highest BCUT2D eigenvalue weighted by atomic mass is 16.7. The molecule has 2 aromatic heterocycles. The van der Waals surface area contributed by atoms with E-state index in [0.717, 1.165) is 27.5 Å². The van der Waals surface area contributed by atoms with Crippen LogP contribution in [0.2, 0.25) is 0 Å². The van der Waals surface area contributed by atoms with Crippen molar-refractivity contribution in [2.24, 2.45) is 10.7 Å². The van der Waals surface area contributed by atoms with Gasteiger partial charge in [-0.2, -0.15) is 0 Å². The molecule has 0 unspecified atom stereocenters. The summed E-state index contributed by atoms with van der Waals surface area (Å²) in [5.41, 5.74) is 12.6. The number of carbonyl (C=O) groups excluding carboxylic acids is 2. The maximum absolute atomic E-state index is 13.7. The Morgan fingerprint density at radius 2 is 1.43 bits per heavy atom. The third-order valence-corrected chi connectivity index (χ3v) is 8.52. The molecule has 0 saturated heterocycles. The number of imide groups is 1. The minimum absolute atomic E-state index is 0.219. The molecule has 4 aromatic carbocycles. The maximum Gasteiger partial charge on any atom is 0.259 e. The summed E-state index contributed by atoms with van der Waals surface area (Å²) in [4.78, 5) is 45.2. The number of aromatic amines is 1. The van der Waals surface area contributed by atoms with E-state index in [1.54, 1.807) is 6.20 Å². The monoisotopic (exact) mass is 683 g/mol. The second-order valence-corrected chi connectivity index (χ2v) is 11.9. The number of aliphatic imine (C=N–C) groups is 1. The Balaban J connectivity index is 1.27. The van der Waals surface area contributed by atoms with Crippen LogP contribution in [0.5, 0.6) is 11.5 Å². The molecule has 0 bridgehead atoms. The Morgan fingerprint density at radius 1 is 0.824 bits per heavy atom. The number of H-pyrrole nitrogens is 1. The zero-order valence-corrected chi connectivity index (χ0v) is 27.3. The number of benzene rings is 4. The number of nitrogens with zero attached hydrogens (tertiary/aromatic N) is 3. The van der Waals surface area contributed by atoms with Gasteiger partial charge in [0.05, 0.1) is 11.1 Å². The van der Waals surface area contributed by atoms with Crippen molar-refractivity contribution in [3.63, 3.8) is 0 Å². The van der Waals surface area contributed by atoms with Crippen molar-refractivity contribution in [3.8, 4) is 11.5 Å². The predicted molar refractivity (Wildman–Crippen MR) is 193 cm³/mol. The van der Waals surface area contributed by atoms with Crippen LogP contribution < -0.4 is 25.9 Å². The number of carbonyl (C=O) groups is 2. The summed E-state index contributed by atoms with van der Waals surface area (Å²) in [5.74, 6) is -0.104. The van der Waals surface area contributed by atoms with Crippen molar-refractivity contribution in [3.05, 3.63) is 142 Å². The maximum atomic E-state index is 13.7. The van der Waals surface area contributed by atoms with E-state index in [4.69, 9.17) is 15.2 Å². The summed E-state index contributed by atoms with van der Waals surface area (Å²) in [7, 11) is 0. The van der Waals surface area contributed by atoms with Gasteiger partial charge in [0.1, 0.15) is 24.7 Å². The highest BCUT2D eigenvalue weighted by molar-refractivity contribution is 6.50. The minimum Gasteiger partial charge on any atom is -0.489 e. The normalized spacial score (nSPS) is 13.2. The van der Waals surface area contributed by atoms with Gasteiger partial charge >= 0.3 is 0 Å². The van der Waals surface area contributed by atoms with Crippen LogP contribution in [0.25, 0.3) is 33.0 Å². The molecule has 3 heterocycles. The van der Waals surface area contributed by atoms with E-state index in [-0.39, 0.29) is 23.7 Å². The van der Waals surface area contributed by atoms with Crippen molar-refractivity contribution in [1.29, 1.82) is 0 Å². The predicted octanol–water partition coefficient (Wildman–Crippen LogP) is 5.33. The molecule has 2 amide bonds. The van der Waals surface area contributed by atoms with E-state index in [1.807, 2.05) is 113 Å². The molecule has 0 fully saturated rings. The molecule has 0 radical (unpaired) electrons. The fraction of sp³-hybridized carbons (Fsp3) is 0.132. The second kappa shape index (κ2) is 14.3. The lowest BCUT2D eigenvalue weighted by atomic mass is 9.95. The van der Waals surface area contributed by atoms with E-state index in [9.17, 15) is 19.7 Å². The molecule has 13 heteroatoms. The molecule has 13 nitrogen and oxygen atoms in total. The molecule has 0 aliphatic carbocycles. The Bertz CT molecular complexity index is 2330. The Kier molecular flexibility index (Phi) is 9.16. The highest BCUT2D eigenvalue weighted by Gasteiger charge is 2.35. The summed E-state index contributed by atoms with van der Waals surface area (Å²) < 4.78 is 14.2. The molecule has 1 aliphatic rings. The molecule has 6 aromatic rings. The summed E-state index contributed by atoms with van der Waals surface area (Å²) >= 11 is 0. The molecule has 5 N–H and O–H groups in total. The Hall–Kier alpha value is -6.89. The van der Waals surface area contributed by atoms with Gasteiger partial charge in [-0.3, -0.25) is 14.9 Å². The SMILES string of the molecule is NC(=NCCCn1cc(C2=C(c3c[nH]c4ccc(OCc5ccccc5)cc34)C(=O)NC2=O)c2cc(OCc3ccccc3)ccc21)N[N+](=O)[O-]. The van der Waals surface area contributed by atoms with Gasteiger partial charge in [0.25, 0.3) is 17.8 Å². The number of fused-ring (bicyclic) bond motifs is 2. The minimum atomic E-state index is -0.770. The van der Waals surface area contributed by atoms with Crippen molar-refractivity contribution in [2.45, 2.75) is 26.2 Å². The number of guanidine groups is 1. The smallest absolute Gasteiger partial charge is 0.259 e. The number of aryl methyl sites for hydroxylation is 1. The first kappa shape index (κ1) is 32.6. The second-order valence-electron chi connectivity index (χ2n) is 11.9. The third kappa shape index (κ3) is 7.13. The lowest BCUT2D eigenvalue weighted by Crippen LogP contribution is -2.36. The van der Waals surface area contributed by atoms with Crippen LogP contribution in [0.3, 0.4) is 0 Å². The third-order valence-electron chi connectivity index (χ3n) is 8.52. The molecular weight excluding hydrogens is 650 g/mol. The number of aromatic nitrogens is 2. The zero-order valence-electron chi connectivity index (χ0n) is 27.3. The van der Waals surface area contributed by atoms with Gasteiger partial charge in [-0.25, -0.2) is 15.1 Å². The van der Waals surface area contributed by atoms with Crippen LogP contribution in [0, 0.1) is 10.1 Å². The average molecular weight is 684 g/mol. The molecular formula is C38H33N7O6. The molecule has 51 heavy (non-hydrogen) atoms. The number of ether oxygens (including phenoxy) is 2. The summed E-state index contributed by atoms with van der Waals surface area (Å²) in [6, 6.07) is 30.8. The van der Waals surface area contributed by atoms with Gasteiger partial charge in [0, 0.05) is 58.4 Å². The Morgan fingerprint density at radius 3 is 2.08 bits per heavy atom.